The third kappa shape index (κ3) is 7.36. The van der Waals surface area contributed by atoms with Crippen molar-refractivity contribution in [2.75, 3.05) is 0 Å². The number of nitrogens with one attached hydrogen (secondary N) is 1. The number of hydrogen-bond donors (Lipinski definition) is 2. The van der Waals surface area contributed by atoms with Crippen LogP contribution in [-0.4, -0.2) is 28.8 Å². The summed E-state index contributed by atoms with van der Waals surface area (Å²) in [5, 5.41) is 12.0. The van der Waals surface area contributed by atoms with Gasteiger partial charge in [-0.3, -0.25) is 4.79 Å². The predicted octanol–water partition coefficient (Wildman–Crippen LogP) is 3.28. The van der Waals surface area contributed by atoms with Crippen LogP contribution in [0.15, 0.2) is 0 Å². The third-order valence-electron chi connectivity index (χ3n) is 3.21. The van der Waals surface area contributed by atoms with E-state index >= 15 is 0 Å². The largest absolute Gasteiger partial charge is 0.481 e. The molecule has 5 nitrogen and oxygen atoms in total. The summed E-state index contributed by atoms with van der Waals surface area (Å²) in [4.78, 5) is 23.1. The highest BCUT2D eigenvalue weighted by Gasteiger charge is 2.30. The summed E-state index contributed by atoms with van der Waals surface area (Å²) in [5.74, 6) is -1.15. The van der Waals surface area contributed by atoms with Crippen LogP contribution in [0.4, 0.5) is 4.79 Å². The zero-order chi connectivity index (χ0) is 16.1. The van der Waals surface area contributed by atoms with E-state index in [-0.39, 0.29) is 12.0 Å². The first-order valence-corrected chi connectivity index (χ1v) is 7.16. The lowest BCUT2D eigenvalue weighted by Crippen LogP contribution is -2.44. The maximum Gasteiger partial charge on any atom is 0.407 e. The van der Waals surface area contributed by atoms with Gasteiger partial charge in [0.2, 0.25) is 0 Å². The predicted molar refractivity (Wildman–Crippen MR) is 78.6 cm³/mol. The molecule has 3 atom stereocenters. The summed E-state index contributed by atoms with van der Waals surface area (Å²) >= 11 is 0. The van der Waals surface area contributed by atoms with Gasteiger partial charge in [-0.05, 0) is 46.0 Å². The standard InChI is InChI=1S/C15H29NO4/c1-9(2)8-12(13(17)18)10(3)11(4)16-14(19)20-15(5,6)7/h9-12H,8H2,1-7H3,(H,16,19)(H,17,18)/t10-,11+,12+/m0/s1. The Morgan fingerprint density at radius 1 is 1.15 bits per heavy atom. The van der Waals surface area contributed by atoms with Crippen molar-refractivity contribution in [3.63, 3.8) is 0 Å². The molecule has 0 aliphatic heterocycles. The molecule has 0 aromatic heterocycles. The zero-order valence-electron chi connectivity index (χ0n) is 13.7. The molecule has 0 aromatic rings. The molecule has 0 saturated heterocycles. The minimum Gasteiger partial charge on any atom is -0.481 e. The van der Waals surface area contributed by atoms with Crippen LogP contribution in [0.25, 0.3) is 0 Å². The van der Waals surface area contributed by atoms with Crippen molar-refractivity contribution in [1.82, 2.24) is 5.32 Å². The summed E-state index contributed by atoms with van der Waals surface area (Å²) < 4.78 is 5.18. The van der Waals surface area contributed by atoms with Crippen molar-refractivity contribution in [3.05, 3.63) is 0 Å². The van der Waals surface area contributed by atoms with Crippen molar-refractivity contribution in [2.24, 2.45) is 17.8 Å². The molecule has 0 heterocycles. The molecule has 5 heteroatoms. The lowest BCUT2D eigenvalue weighted by molar-refractivity contribution is -0.144. The highest BCUT2D eigenvalue weighted by atomic mass is 16.6. The second kappa shape index (κ2) is 7.50. The van der Waals surface area contributed by atoms with Crippen molar-refractivity contribution < 1.29 is 19.4 Å². The number of rotatable bonds is 6. The highest BCUT2D eigenvalue weighted by molar-refractivity contribution is 5.71. The molecule has 118 valence electrons. The van der Waals surface area contributed by atoms with Crippen LogP contribution in [0, 0.1) is 17.8 Å². The van der Waals surface area contributed by atoms with Gasteiger partial charge in [-0.15, -0.1) is 0 Å². The second-order valence-corrected chi connectivity index (χ2v) is 6.87. The van der Waals surface area contributed by atoms with E-state index in [1.165, 1.54) is 0 Å². The van der Waals surface area contributed by atoms with Gasteiger partial charge >= 0.3 is 12.1 Å². The molecule has 1 amide bonds. The lowest BCUT2D eigenvalue weighted by Gasteiger charge is -2.29. The van der Waals surface area contributed by atoms with Crippen LogP contribution in [0.2, 0.25) is 0 Å². The highest BCUT2D eigenvalue weighted by Crippen LogP contribution is 2.24. The van der Waals surface area contributed by atoms with Crippen LogP contribution >= 0.6 is 0 Å². The summed E-state index contributed by atoms with van der Waals surface area (Å²) in [6.07, 6.45) is 0.0853. The monoisotopic (exact) mass is 287 g/mol. The fourth-order valence-electron chi connectivity index (χ4n) is 2.02. The van der Waals surface area contributed by atoms with Gasteiger partial charge in [-0.2, -0.15) is 0 Å². The Hall–Kier alpha value is -1.26. The number of amides is 1. The van der Waals surface area contributed by atoms with Gasteiger partial charge in [-0.25, -0.2) is 4.79 Å². The number of carboxylic acids is 1. The quantitative estimate of drug-likeness (QED) is 0.786. The second-order valence-electron chi connectivity index (χ2n) is 6.87. The number of carbonyl (C=O) groups is 2. The molecular formula is C15H29NO4. The van der Waals surface area contributed by atoms with Crippen molar-refractivity contribution in [2.45, 2.75) is 66.5 Å². The Bertz CT molecular complexity index is 333. The van der Waals surface area contributed by atoms with E-state index < -0.39 is 23.6 Å². The molecule has 0 aliphatic carbocycles. The first-order valence-electron chi connectivity index (χ1n) is 7.16. The average molecular weight is 287 g/mol. The summed E-state index contributed by atoms with van der Waals surface area (Å²) in [6, 6.07) is -0.260. The van der Waals surface area contributed by atoms with E-state index in [4.69, 9.17) is 4.74 Å². The fourth-order valence-corrected chi connectivity index (χ4v) is 2.02. The van der Waals surface area contributed by atoms with Gasteiger partial charge in [0.15, 0.2) is 0 Å². The molecule has 0 aliphatic rings. The topological polar surface area (TPSA) is 75.6 Å². The minimum atomic E-state index is -0.816. The van der Waals surface area contributed by atoms with Gasteiger partial charge in [0, 0.05) is 6.04 Å². The van der Waals surface area contributed by atoms with Gasteiger partial charge in [0.1, 0.15) is 5.60 Å². The number of carboxylic acid groups (broad SMARTS) is 1. The number of aliphatic carboxylic acids is 1. The fraction of sp³-hybridized carbons (Fsp3) is 0.867. The van der Waals surface area contributed by atoms with E-state index in [9.17, 15) is 14.7 Å². The number of carbonyl (C=O) groups excluding carboxylic acids is 1. The number of hydrogen-bond acceptors (Lipinski definition) is 3. The van der Waals surface area contributed by atoms with E-state index in [0.29, 0.717) is 12.3 Å². The van der Waals surface area contributed by atoms with Crippen molar-refractivity contribution in [3.8, 4) is 0 Å². The Labute approximate surface area is 122 Å². The lowest BCUT2D eigenvalue weighted by atomic mass is 9.83. The molecule has 0 radical (unpaired) electrons. The van der Waals surface area contributed by atoms with Gasteiger partial charge in [0.05, 0.1) is 5.92 Å². The average Bonchev–Trinajstić information content (AvgIpc) is 2.21. The summed E-state index contributed by atoms with van der Waals surface area (Å²) in [7, 11) is 0. The van der Waals surface area contributed by atoms with E-state index in [2.05, 4.69) is 5.32 Å². The Morgan fingerprint density at radius 3 is 2.00 bits per heavy atom. The number of ether oxygens (including phenoxy) is 1. The van der Waals surface area contributed by atoms with Crippen molar-refractivity contribution in [1.29, 1.82) is 0 Å². The summed E-state index contributed by atoms with van der Waals surface area (Å²) in [6.45, 7) is 13.0. The Balaban J connectivity index is 4.61. The smallest absolute Gasteiger partial charge is 0.407 e. The van der Waals surface area contributed by atoms with Crippen LogP contribution in [0.5, 0.6) is 0 Å². The minimum absolute atomic E-state index is 0.164. The molecular weight excluding hydrogens is 258 g/mol. The molecule has 0 saturated carbocycles. The third-order valence-corrected chi connectivity index (χ3v) is 3.21. The van der Waals surface area contributed by atoms with Crippen LogP contribution in [0.3, 0.4) is 0 Å². The Kier molecular flexibility index (Phi) is 7.03. The van der Waals surface area contributed by atoms with Gasteiger partial charge in [-0.1, -0.05) is 20.8 Å². The molecule has 0 bridgehead atoms. The molecule has 0 spiro atoms. The van der Waals surface area contributed by atoms with E-state index in [0.717, 1.165) is 0 Å². The maximum atomic E-state index is 11.7. The first-order chi connectivity index (χ1) is 8.94. The molecule has 0 rings (SSSR count). The molecule has 2 N–H and O–H groups in total. The normalized spacial score (nSPS) is 16.4. The first kappa shape index (κ1) is 18.7. The van der Waals surface area contributed by atoms with E-state index in [1.54, 1.807) is 20.8 Å². The molecule has 0 fully saturated rings. The molecule has 0 unspecified atom stereocenters. The number of alkyl carbamates (subject to hydrolysis) is 1. The van der Waals surface area contributed by atoms with Crippen LogP contribution < -0.4 is 5.32 Å². The van der Waals surface area contributed by atoms with Gasteiger partial charge in [0.25, 0.3) is 0 Å². The van der Waals surface area contributed by atoms with Crippen LogP contribution in [-0.2, 0) is 9.53 Å². The summed E-state index contributed by atoms with van der Waals surface area (Å²) in [5.41, 5.74) is -0.558. The van der Waals surface area contributed by atoms with Crippen molar-refractivity contribution >= 4 is 12.1 Å². The van der Waals surface area contributed by atoms with Gasteiger partial charge < -0.3 is 15.2 Å². The Morgan fingerprint density at radius 2 is 1.65 bits per heavy atom. The molecule has 0 aromatic carbocycles. The van der Waals surface area contributed by atoms with E-state index in [1.807, 2.05) is 27.7 Å². The van der Waals surface area contributed by atoms with Crippen LogP contribution in [0.1, 0.15) is 54.9 Å². The molecule has 20 heavy (non-hydrogen) atoms. The SMILES string of the molecule is CC(C)C[C@@H](C(=O)O)[C@@H](C)[C@@H](C)NC(=O)OC(C)(C)C. The zero-order valence-corrected chi connectivity index (χ0v) is 13.7. The maximum absolute atomic E-state index is 11.7.